The molecule has 0 aliphatic heterocycles. The van der Waals surface area contributed by atoms with E-state index in [1.54, 1.807) is 26.0 Å². The van der Waals surface area contributed by atoms with Crippen LogP contribution in [0.5, 0.6) is 0 Å². The number of thiocarbonyl (C=S) groups is 1. The normalized spacial score (nSPS) is 10.5. The monoisotopic (exact) mass is 455 g/mol. The van der Waals surface area contributed by atoms with Gasteiger partial charge in [-0.1, -0.05) is 13.8 Å². The van der Waals surface area contributed by atoms with E-state index in [-0.39, 0.29) is 22.6 Å². The Balaban J connectivity index is 1.80. The SMILES string of the molecule is CC(C)C(=O)Nc1ccc(C(=O)NNC(=S)NC(=O)/C=C/c2ccc([N+](=O)[O-])cc2)cc1. The molecule has 0 radical (unpaired) electrons. The number of nitro groups is 1. The third kappa shape index (κ3) is 7.61. The van der Waals surface area contributed by atoms with Crippen LogP contribution in [0.25, 0.3) is 6.08 Å². The van der Waals surface area contributed by atoms with E-state index in [9.17, 15) is 24.5 Å². The average molecular weight is 455 g/mol. The molecule has 32 heavy (non-hydrogen) atoms. The molecule has 4 N–H and O–H groups in total. The van der Waals surface area contributed by atoms with Crippen LogP contribution in [-0.4, -0.2) is 27.8 Å². The van der Waals surface area contributed by atoms with E-state index in [0.717, 1.165) is 0 Å². The number of benzene rings is 2. The second-order valence-corrected chi connectivity index (χ2v) is 7.21. The zero-order valence-corrected chi connectivity index (χ0v) is 18.1. The van der Waals surface area contributed by atoms with Gasteiger partial charge in [0.25, 0.3) is 11.6 Å². The van der Waals surface area contributed by atoms with Crippen molar-refractivity contribution in [3.05, 3.63) is 75.8 Å². The van der Waals surface area contributed by atoms with Gasteiger partial charge >= 0.3 is 0 Å². The van der Waals surface area contributed by atoms with Gasteiger partial charge in [0.05, 0.1) is 4.92 Å². The first-order chi connectivity index (χ1) is 15.2. The molecule has 0 saturated heterocycles. The largest absolute Gasteiger partial charge is 0.326 e. The number of nitrogens with one attached hydrogen (secondary N) is 4. The number of nitrogens with zero attached hydrogens (tertiary/aromatic N) is 1. The Hall–Kier alpha value is -4.12. The van der Waals surface area contributed by atoms with Crippen molar-refractivity contribution in [1.82, 2.24) is 16.2 Å². The smallest absolute Gasteiger partial charge is 0.269 e. The first-order valence-electron chi connectivity index (χ1n) is 9.40. The molecule has 0 aliphatic rings. The number of anilines is 1. The van der Waals surface area contributed by atoms with Crippen LogP contribution in [0.3, 0.4) is 0 Å². The first-order valence-corrected chi connectivity index (χ1v) is 9.81. The van der Waals surface area contributed by atoms with Crippen LogP contribution in [0.15, 0.2) is 54.6 Å². The lowest BCUT2D eigenvalue weighted by molar-refractivity contribution is -0.384. The third-order valence-electron chi connectivity index (χ3n) is 4.00. The van der Waals surface area contributed by atoms with E-state index in [1.165, 1.54) is 48.6 Å². The molecule has 2 aromatic rings. The Labute approximate surface area is 189 Å². The van der Waals surface area contributed by atoms with Gasteiger partial charge in [0, 0.05) is 35.4 Å². The predicted octanol–water partition coefficient (Wildman–Crippen LogP) is 2.54. The standard InChI is InChI=1S/C21H21N5O5S/c1-13(2)19(28)22-16-8-6-15(7-9-16)20(29)24-25-21(32)23-18(27)12-5-14-3-10-17(11-4-14)26(30)31/h3-13H,1-2H3,(H,22,28)(H,24,29)(H2,23,25,27,32)/b12-5+. The van der Waals surface area contributed by atoms with Crippen molar-refractivity contribution in [3.8, 4) is 0 Å². The number of hydrogen-bond donors (Lipinski definition) is 4. The summed E-state index contributed by atoms with van der Waals surface area (Å²) in [5, 5.41) is 15.6. The molecular formula is C21H21N5O5S. The Kier molecular flexibility index (Phi) is 8.54. The number of non-ortho nitro benzene ring substituents is 1. The minimum Gasteiger partial charge on any atom is -0.326 e. The Morgan fingerprint density at radius 3 is 2.19 bits per heavy atom. The van der Waals surface area contributed by atoms with Gasteiger partial charge in [-0.15, -0.1) is 0 Å². The first kappa shape index (κ1) is 24.2. The van der Waals surface area contributed by atoms with Crippen LogP contribution in [0.4, 0.5) is 11.4 Å². The highest BCUT2D eigenvalue weighted by Gasteiger charge is 2.10. The molecule has 166 valence electrons. The van der Waals surface area contributed by atoms with E-state index in [0.29, 0.717) is 16.8 Å². The lowest BCUT2D eigenvalue weighted by atomic mass is 10.1. The van der Waals surface area contributed by atoms with Crippen molar-refractivity contribution in [3.63, 3.8) is 0 Å². The van der Waals surface area contributed by atoms with Crippen LogP contribution < -0.4 is 21.5 Å². The maximum Gasteiger partial charge on any atom is 0.269 e. The van der Waals surface area contributed by atoms with Crippen LogP contribution in [-0.2, 0) is 9.59 Å². The molecule has 0 aliphatic carbocycles. The van der Waals surface area contributed by atoms with Crippen molar-refractivity contribution >= 4 is 52.5 Å². The molecule has 2 aromatic carbocycles. The molecule has 2 rings (SSSR count). The van der Waals surface area contributed by atoms with Crippen molar-refractivity contribution in [2.75, 3.05) is 5.32 Å². The molecule has 0 unspecified atom stereocenters. The van der Waals surface area contributed by atoms with E-state index >= 15 is 0 Å². The number of rotatable bonds is 6. The van der Waals surface area contributed by atoms with Gasteiger partial charge in [-0.3, -0.25) is 40.7 Å². The van der Waals surface area contributed by atoms with Crippen LogP contribution >= 0.6 is 12.2 Å². The second-order valence-electron chi connectivity index (χ2n) is 6.80. The van der Waals surface area contributed by atoms with E-state index < -0.39 is 16.7 Å². The molecule has 11 heteroatoms. The predicted molar refractivity (Wildman–Crippen MR) is 123 cm³/mol. The molecule has 0 atom stereocenters. The highest BCUT2D eigenvalue weighted by molar-refractivity contribution is 7.80. The highest BCUT2D eigenvalue weighted by Crippen LogP contribution is 2.13. The lowest BCUT2D eigenvalue weighted by Crippen LogP contribution is -2.48. The minimum atomic E-state index is -0.555. The van der Waals surface area contributed by atoms with Gasteiger partial charge in [-0.2, -0.15) is 0 Å². The quantitative estimate of drug-likeness (QED) is 0.227. The number of nitro benzene ring substituents is 1. The van der Waals surface area contributed by atoms with E-state index in [1.807, 2.05) is 0 Å². The Morgan fingerprint density at radius 1 is 1.00 bits per heavy atom. The zero-order chi connectivity index (χ0) is 23.7. The molecule has 0 aromatic heterocycles. The maximum atomic E-state index is 12.2. The lowest BCUT2D eigenvalue weighted by Gasteiger charge is -2.11. The third-order valence-corrected chi connectivity index (χ3v) is 4.20. The Bertz CT molecular complexity index is 1050. The summed E-state index contributed by atoms with van der Waals surface area (Å²) in [7, 11) is 0. The highest BCUT2D eigenvalue weighted by atomic mass is 32.1. The van der Waals surface area contributed by atoms with Crippen LogP contribution in [0.1, 0.15) is 29.8 Å². The van der Waals surface area contributed by atoms with Crippen LogP contribution in [0.2, 0.25) is 0 Å². The van der Waals surface area contributed by atoms with Crippen molar-refractivity contribution in [2.45, 2.75) is 13.8 Å². The topological polar surface area (TPSA) is 142 Å². The molecule has 0 bridgehead atoms. The number of carbonyl (C=O) groups is 3. The summed E-state index contributed by atoms with van der Waals surface area (Å²) in [4.78, 5) is 45.9. The van der Waals surface area contributed by atoms with Gasteiger partial charge in [0.1, 0.15) is 0 Å². The number of carbonyl (C=O) groups excluding carboxylic acids is 3. The molecule has 0 heterocycles. The summed E-state index contributed by atoms with van der Waals surface area (Å²) in [5.41, 5.74) is 6.18. The molecule has 10 nitrogen and oxygen atoms in total. The molecule has 0 spiro atoms. The maximum absolute atomic E-state index is 12.2. The summed E-state index contributed by atoms with van der Waals surface area (Å²) in [5.74, 6) is -1.35. The molecular weight excluding hydrogens is 434 g/mol. The molecule has 0 fully saturated rings. The second kappa shape index (κ2) is 11.3. The average Bonchev–Trinajstić information content (AvgIpc) is 2.76. The number of amides is 3. The van der Waals surface area contributed by atoms with E-state index in [4.69, 9.17) is 12.2 Å². The fourth-order valence-electron chi connectivity index (χ4n) is 2.24. The fraction of sp³-hybridized carbons (Fsp3) is 0.143. The Morgan fingerprint density at radius 2 is 1.62 bits per heavy atom. The van der Waals surface area contributed by atoms with Gasteiger partial charge in [-0.05, 0) is 60.3 Å². The van der Waals surface area contributed by atoms with Crippen molar-refractivity contribution in [2.24, 2.45) is 5.92 Å². The summed E-state index contributed by atoms with van der Waals surface area (Å²) in [6.45, 7) is 3.55. The number of hydrogen-bond acceptors (Lipinski definition) is 6. The molecule has 3 amide bonds. The van der Waals surface area contributed by atoms with Gasteiger partial charge < -0.3 is 5.32 Å². The van der Waals surface area contributed by atoms with E-state index in [2.05, 4.69) is 21.5 Å². The van der Waals surface area contributed by atoms with Gasteiger partial charge in [0.2, 0.25) is 11.8 Å². The summed E-state index contributed by atoms with van der Waals surface area (Å²) >= 11 is 4.95. The fourth-order valence-corrected chi connectivity index (χ4v) is 2.39. The van der Waals surface area contributed by atoms with Crippen molar-refractivity contribution < 1.29 is 19.3 Å². The zero-order valence-electron chi connectivity index (χ0n) is 17.2. The minimum absolute atomic E-state index is 0.0531. The van der Waals surface area contributed by atoms with Gasteiger partial charge in [0.15, 0.2) is 5.11 Å². The molecule has 0 saturated carbocycles. The summed E-state index contributed by atoms with van der Waals surface area (Å²) in [6, 6.07) is 11.9. The van der Waals surface area contributed by atoms with Gasteiger partial charge in [-0.25, -0.2) is 0 Å². The van der Waals surface area contributed by atoms with Crippen LogP contribution in [0, 0.1) is 16.0 Å². The number of hydrazine groups is 1. The summed E-state index contributed by atoms with van der Waals surface area (Å²) in [6.07, 6.45) is 2.65. The summed E-state index contributed by atoms with van der Waals surface area (Å²) < 4.78 is 0. The van der Waals surface area contributed by atoms with Crippen molar-refractivity contribution in [1.29, 1.82) is 0 Å².